The minimum absolute atomic E-state index is 0.00996. The van der Waals surface area contributed by atoms with Crippen molar-refractivity contribution in [3.05, 3.63) is 59.7 Å². The van der Waals surface area contributed by atoms with E-state index < -0.39 is 10.0 Å². The molecule has 31 heavy (non-hydrogen) atoms. The van der Waals surface area contributed by atoms with E-state index in [1.165, 1.54) is 47.3 Å². The van der Waals surface area contributed by atoms with Crippen molar-refractivity contribution in [1.82, 2.24) is 9.21 Å². The number of carbonyl (C=O) groups is 2. The van der Waals surface area contributed by atoms with Crippen LogP contribution in [0.25, 0.3) is 0 Å². The molecule has 0 N–H and O–H groups in total. The maximum atomic E-state index is 12.8. The van der Waals surface area contributed by atoms with Gasteiger partial charge in [0, 0.05) is 37.5 Å². The zero-order valence-corrected chi connectivity index (χ0v) is 19.2. The molecule has 1 saturated heterocycles. The molecule has 1 aliphatic heterocycles. The molecular formula is C22H26N2O5S2. The van der Waals surface area contributed by atoms with Gasteiger partial charge in [-0.15, -0.1) is 11.8 Å². The second-order valence-electron chi connectivity index (χ2n) is 7.21. The van der Waals surface area contributed by atoms with E-state index >= 15 is 0 Å². The Balaban J connectivity index is 1.50. The largest absolute Gasteiger partial charge is 0.497 e. The fourth-order valence-electron chi connectivity index (χ4n) is 3.30. The molecule has 7 nitrogen and oxygen atoms in total. The second kappa shape index (κ2) is 10.3. The number of amides is 1. The molecule has 3 rings (SSSR count). The summed E-state index contributed by atoms with van der Waals surface area (Å²) in [5, 5.41) is 0. The molecule has 0 spiro atoms. The highest BCUT2D eigenvalue weighted by molar-refractivity contribution is 7.99. The number of Topliss-reactive ketones (excluding diaryl/α,β-unsaturated/α-hetero) is 1. The standard InChI is InChI=1S/C22H26N2O5S2/c1-17(25)19-6-8-21(9-7-19)31(27,28)24-12-10-23(11-13-24)22(26)16-30-15-18-4-3-5-20(14-18)29-2/h3-9,14H,10-13,15-16H2,1-2H3. The Kier molecular flexibility index (Phi) is 7.74. The molecular weight excluding hydrogens is 436 g/mol. The van der Waals surface area contributed by atoms with E-state index in [-0.39, 0.29) is 29.7 Å². The molecule has 0 radical (unpaired) electrons. The SMILES string of the molecule is COc1cccc(CSCC(=O)N2CCN(S(=O)(=O)c3ccc(C(C)=O)cc3)CC2)c1. The minimum atomic E-state index is -3.65. The summed E-state index contributed by atoms with van der Waals surface area (Å²) in [5.41, 5.74) is 1.56. The third-order valence-electron chi connectivity index (χ3n) is 5.12. The first kappa shape index (κ1) is 23.3. The lowest BCUT2D eigenvalue weighted by atomic mass is 10.2. The van der Waals surface area contributed by atoms with Crippen LogP contribution < -0.4 is 4.74 Å². The average molecular weight is 463 g/mol. The summed E-state index contributed by atoms with van der Waals surface area (Å²) >= 11 is 1.53. The van der Waals surface area contributed by atoms with Crippen molar-refractivity contribution in [3.63, 3.8) is 0 Å². The van der Waals surface area contributed by atoms with E-state index in [9.17, 15) is 18.0 Å². The number of ketones is 1. The van der Waals surface area contributed by atoms with Gasteiger partial charge >= 0.3 is 0 Å². The number of hydrogen-bond donors (Lipinski definition) is 0. The maximum absolute atomic E-state index is 12.8. The van der Waals surface area contributed by atoms with E-state index in [1.807, 2.05) is 24.3 Å². The molecule has 1 fully saturated rings. The maximum Gasteiger partial charge on any atom is 0.243 e. The molecule has 1 aliphatic rings. The van der Waals surface area contributed by atoms with Gasteiger partial charge in [0.1, 0.15) is 5.75 Å². The Morgan fingerprint density at radius 3 is 2.32 bits per heavy atom. The number of thioether (sulfide) groups is 1. The van der Waals surface area contributed by atoms with Gasteiger partial charge in [-0.1, -0.05) is 24.3 Å². The summed E-state index contributed by atoms with van der Waals surface area (Å²) in [7, 11) is -2.02. The lowest BCUT2D eigenvalue weighted by molar-refractivity contribution is -0.129. The summed E-state index contributed by atoms with van der Waals surface area (Å²) in [6, 6.07) is 13.7. The zero-order valence-electron chi connectivity index (χ0n) is 17.6. The highest BCUT2D eigenvalue weighted by Gasteiger charge is 2.30. The van der Waals surface area contributed by atoms with Crippen molar-refractivity contribution in [2.45, 2.75) is 17.6 Å². The van der Waals surface area contributed by atoms with Gasteiger partial charge in [0.15, 0.2) is 5.78 Å². The predicted molar refractivity (Wildman–Crippen MR) is 121 cm³/mol. The molecule has 1 heterocycles. The first-order chi connectivity index (χ1) is 14.8. The van der Waals surface area contributed by atoms with Crippen LogP contribution in [0.1, 0.15) is 22.8 Å². The number of hydrogen-bond acceptors (Lipinski definition) is 6. The number of ether oxygens (including phenoxy) is 1. The van der Waals surface area contributed by atoms with Crippen LogP contribution >= 0.6 is 11.8 Å². The van der Waals surface area contributed by atoms with Gasteiger partial charge in [0.25, 0.3) is 0 Å². The lowest BCUT2D eigenvalue weighted by Gasteiger charge is -2.34. The van der Waals surface area contributed by atoms with Gasteiger partial charge in [0.2, 0.25) is 15.9 Å². The molecule has 0 unspecified atom stereocenters. The molecule has 0 saturated carbocycles. The summed E-state index contributed by atoms with van der Waals surface area (Å²) in [4.78, 5) is 25.8. The monoisotopic (exact) mass is 462 g/mol. The van der Waals surface area contributed by atoms with E-state index in [1.54, 1.807) is 12.0 Å². The van der Waals surface area contributed by atoms with Crippen molar-refractivity contribution in [2.75, 3.05) is 39.0 Å². The minimum Gasteiger partial charge on any atom is -0.497 e. The van der Waals surface area contributed by atoms with Crippen LogP contribution in [0.2, 0.25) is 0 Å². The van der Waals surface area contributed by atoms with Crippen LogP contribution in [0.15, 0.2) is 53.4 Å². The summed E-state index contributed by atoms with van der Waals surface area (Å²) in [5.74, 6) is 1.73. The van der Waals surface area contributed by atoms with E-state index in [0.717, 1.165) is 11.3 Å². The van der Waals surface area contributed by atoms with Crippen molar-refractivity contribution in [3.8, 4) is 5.75 Å². The third kappa shape index (κ3) is 5.87. The Morgan fingerprint density at radius 2 is 1.71 bits per heavy atom. The number of piperazine rings is 1. The molecule has 0 bridgehead atoms. The molecule has 0 aliphatic carbocycles. The van der Waals surface area contributed by atoms with Crippen LogP contribution in [0.5, 0.6) is 5.75 Å². The Hall–Kier alpha value is -2.36. The van der Waals surface area contributed by atoms with Crippen LogP contribution in [-0.2, 0) is 20.6 Å². The van der Waals surface area contributed by atoms with Gasteiger partial charge in [-0.3, -0.25) is 9.59 Å². The van der Waals surface area contributed by atoms with Crippen LogP contribution in [0.4, 0.5) is 0 Å². The molecule has 0 aromatic heterocycles. The van der Waals surface area contributed by atoms with Crippen LogP contribution in [0.3, 0.4) is 0 Å². The van der Waals surface area contributed by atoms with E-state index in [2.05, 4.69) is 0 Å². The van der Waals surface area contributed by atoms with Crippen molar-refractivity contribution < 1.29 is 22.7 Å². The van der Waals surface area contributed by atoms with Crippen LogP contribution in [0, 0.1) is 0 Å². The number of carbonyl (C=O) groups excluding carboxylic acids is 2. The molecule has 0 atom stereocenters. The van der Waals surface area contributed by atoms with Crippen molar-refractivity contribution >= 4 is 33.5 Å². The summed E-state index contributed by atoms with van der Waals surface area (Å²) < 4.78 is 32.3. The van der Waals surface area contributed by atoms with Gasteiger partial charge in [-0.25, -0.2) is 8.42 Å². The van der Waals surface area contributed by atoms with Gasteiger partial charge in [-0.2, -0.15) is 4.31 Å². The van der Waals surface area contributed by atoms with Crippen LogP contribution in [-0.4, -0.2) is 68.4 Å². The molecule has 1 amide bonds. The first-order valence-corrected chi connectivity index (χ1v) is 12.5. The first-order valence-electron chi connectivity index (χ1n) is 9.91. The molecule has 166 valence electrons. The number of nitrogens with zero attached hydrogens (tertiary/aromatic N) is 2. The number of rotatable bonds is 8. The quantitative estimate of drug-likeness (QED) is 0.561. The Labute approximate surface area is 187 Å². The van der Waals surface area contributed by atoms with Crippen molar-refractivity contribution in [1.29, 1.82) is 0 Å². The highest BCUT2D eigenvalue weighted by atomic mass is 32.2. The lowest BCUT2D eigenvalue weighted by Crippen LogP contribution is -2.50. The topological polar surface area (TPSA) is 84.0 Å². The number of benzene rings is 2. The normalized spacial score (nSPS) is 15.0. The third-order valence-corrected chi connectivity index (χ3v) is 8.02. The second-order valence-corrected chi connectivity index (χ2v) is 10.1. The summed E-state index contributed by atoms with van der Waals surface area (Å²) in [6.07, 6.45) is 0. The van der Waals surface area contributed by atoms with Gasteiger partial charge < -0.3 is 9.64 Å². The molecule has 2 aromatic rings. The average Bonchev–Trinajstić information content (AvgIpc) is 2.79. The van der Waals surface area contributed by atoms with Gasteiger partial charge in [0.05, 0.1) is 17.8 Å². The van der Waals surface area contributed by atoms with Gasteiger partial charge in [-0.05, 0) is 36.8 Å². The molecule has 9 heteroatoms. The Bertz CT molecular complexity index is 1030. The fraction of sp³-hybridized carbons (Fsp3) is 0.364. The number of sulfonamides is 1. The predicted octanol–water partition coefficient (Wildman–Crippen LogP) is 2.66. The van der Waals surface area contributed by atoms with E-state index in [0.29, 0.717) is 30.2 Å². The van der Waals surface area contributed by atoms with E-state index in [4.69, 9.17) is 4.74 Å². The molecule has 2 aromatic carbocycles. The summed E-state index contributed by atoms with van der Waals surface area (Å²) in [6.45, 7) is 2.67. The highest BCUT2D eigenvalue weighted by Crippen LogP contribution is 2.20. The number of methoxy groups -OCH3 is 1. The van der Waals surface area contributed by atoms with Crippen molar-refractivity contribution in [2.24, 2.45) is 0 Å². The smallest absolute Gasteiger partial charge is 0.243 e. The fourth-order valence-corrected chi connectivity index (χ4v) is 5.59. The zero-order chi connectivity index (χ0) is 22.4. The Morgan fingerprint density at radius 1 is 1.03 bits per heavy atom.